The Morgan fingerprint density at radius 1 is 1.53 bits per heavy atom. The third-order valence-corrected chi connectivity index (χ3v) is 4.30. The summed E-state index contributed by atoms with van der Waals surface area (Å²) >= 11 is 1.38. The first-order chi connectivity index (χ1) is 9.09. The van der Waals surface area contributed by atoms with Gasteiger partial charge in [-0.05, 0) is 19.3 Å². The van der Waals surface area contributed by atoms with Gasteiger partial charge in [0.15, 0.2) is 5.16 Å². The number of carbonyl (C=O) groups excluding carboxylic acids is 2. The number of hydrogen-bond acceptors (Lipinski definition) is 4. The van der Waals surface area contributed by atoms with Crippen molar-refractivity contribution in [1.29, 1.82) is 0 Å². The first-order valence-electron chi connectivity index (χ1n) is 6.28. The van der Waals surface area contributed by atoms with Crippen molar-refractivity contribution in [2.75, 3.05) is 12.3 Å². The Bertz CT molecular complexity index is 474. The smallest absolute Gasteiger partial charge is 0.240 e. The number of likely N-dealkylation sites (tertiary alicyclic amines) is 1. The van der Waals surface area contributed by atoms with Gasteiger partial charge in [0.1, 0.15) is 6.04 Å². The molecule has 0 aromatic carbocycles. The monoisotopic (exact) mass is 282 g/mol. The van der Waals surface area contributed by atoms with Gasteiger partial charge in [-0.2, -0.15) is 0 Å². The summed E-state index contributed by atoms with van der Waals surface area (Å²) in [5.41, 5.74) is 5.35. The molecule has 0 radical (unpaired) electrons. The second kappa shape index (κ2) is 6.10. The number of rotatable bonds is 4. The second-order valence-electron chi connectivity index (χ2n) is 4.61. The summed E-state index contributed by atoms with van der Waals surface area (Å²) in [5.74, 6) is -0.166. The van der Waals surface area contributed by atoms with E-state index in [9.17, 15) is 9.59 Å². The van der Waals surface area contributed by atoms with Gasteiger partial charge < -0.3 is 15.2 Å². The highest BCUT2D eigenvalue weighted by Crippen LogP contribution is 2.20. The topological polar surface area (TPSA) is 81.2 Å². The number of aryl methyl sites for hydroxylation is 1. The molecule has 6 nitrogen and oxygen atoms in total. The Hall–Kier alpha value is -1.50. The Morgan fingerprint density at radius 3 is 2.95 bits per heavy atom. The number of thioether (sulfide) groups is 1. The summed E-state index contributed by atoms with van der Waals surface area (Å²) in [7, 11) is 1.88. The average Bonchev–Trinajstić information content (AvgIpc) is 2.81. The number of nitrogens with zero attached hydrogens (tertiary/aromatic N) is 3. The highest BCUT2D eigenvalue weighted by Gasteiger charge is 2.30. The van der Waals surface area contributed by atoms with Crippen LogP contribution in [-0.4, -0.2) is 44.6 Å². The first-order valence-corrected chi connectivity index (χ1v) is 7.27. The molecule has 2 amide bonds. The van der Waals surface area contributed by atoms with Crippen molar-refractivity contribution < 1.29 is 9.59 Å². The van der Waals surface area contributed by atoms with Gasteiger partial charge in [0.05, 0.1) is 5.75 Å². The van der Waals surface area contributed by atoms with Crippen molar-refractivity contribution in [3.63, 3.8) is 0 Å². The molecule has 0 unspecified atom stereocenters. The molecule has 1 atom stereocenters. The van der Waals surface area contributed by atoms with Crippen LogP contribution in [0.3, 0.4) is 0 Å². The fourth-order valence-electron chi connectivity index (χ4n) is 2.23. The van der Waals surface area contributed by atoms with Crippen LogP contribution in [-0.2, 0) is 16.6 Å². The maximum Gasteiger partial charge on any atom is 0.240 e. The zero-order valence-electron chi connectivity index (χ0n) is 10.9. The molecule has 2 heterocycles. The van der Waals surface area contributed by atoms with Gasteiger partial charge in [-0.25, -0.2) is 4.98 Å². The van der Waals surface area contributed by atoms with E-state index in [0.717, 1.165) is 18.0 Å². The minimum Gasteiger partial charge on any atom is -0.368 e. The third kappa shape index (κ3) is 3.28. The van der Waals surface area contributed by atoms with Crippen molar-refractivity contribution in [1.82, 2.24) is 14.5 Å². The number of primary amides is 1. The predicted octanol–water partition coefficient (Wildman–Crippen LogP) is 0.379. The lowest BCUT2D eigenvalue weighted by Gasteiger charge is -2.33. The van der Waals surface area contributed by atoms with Gasteiger partial charge in [-0.15, -0.1) is 0 Å². The lowest BCUT2D eigenvalue weighted by atomic mass is 10.0. The average molecular weight is 282 g/mol. The number of nitrogens with two attached hydrogens (primary N) is 1. The highest BCUT2D eigenvalue weighted by atomic mass is 32.2. The van der Waals surface area contributed by atoms with E-state index < -0.39 is 11.9 Å². The third-order valence-electron chi connectivity index (χ3n) is 3.25. The molecule has 0 aliphatic carbocycles. The van der Waals surface area contributed by atoms with Crippen molar-refractivity contribution in [2.45, 2.75) is 30.5 Å². The second-order valence-corrected chi connectivity index (χ2v) is 5.55. The number of aromatic nitrogens is 2. The number of carbonyl (C=O) groups is 2. The van der Waals surface area contributed by atoms with Gasteiger partial charge in [0, 0.05) is 26.0 Å². The summed E-state index contributed by atoms with van der Waals surface area (Å²) < 4.78 is 1.86. The molecule has 1 aromatic rings. The van der Waals surface area contributed by atoms with Crippen molar-refractivity contribution in [3.05, 3.63) is 12.4 Å². The van der Waals surface area contributed by atoms with Gasteiger partial charge in [0.2, 0.25) is 11.8 Å². The number of piperidine rings is 1. The van der Waals surface area contributed by atoms with Gasteiger partial charge in [-0.3, -0.25) is 9.59 Å². The molecule has 2 rings (SSSR count). The molecule has 1 aliphatic rings. The lowest BCUT2D eigenvalue weighted by molar-refractivity contribution is -0.138. The summed E-state index contributed by atoms with van der Waals surface area (Å²) in [4.78, 5) is 29.3. The van der Waals surface area contributed by atoms with Gasteiger partial charge in [-0.1, -0.05) is 11.8 Å². The lowest BCUT2D eigenvalue weighted by Crippen LogP contribution is -2.51. The molecule has 1 aliphatic heterocycles. The van der Waals surface area contributed by atoms with Crippen LogP contribution >= 0.6 is 11.8 Å². The molecule has 0 saturated carbocycles. The fraction of sp³-hybridized carbons (Fsp3) is 0.583. The standard InChI is InChI=1S/C12H18N4O2S/c1-15-7-5-14-12(15)19-8-10(17)16-6-3-2-4-9(16)11(13)18/h5,7,9H,2-4,6,8H2,1H3,(H2,13,18)/t9-/m0/s1. The molecular weight excluding hydrogens is 264 g/mol. The molecule has 1 saturated heterocycles. The Labute approximate surface area is 116 Å². The quantitative estimate of drug-likeness (QED) is 0.809. The molecule has 0 bridgehead atoms. The van der Waals surface area contributed by atoms with Crippen LogP contribution in [0.4, 0.5) is 0 Å². The normalized spacial score (nSPS) is 19.4. The zero-order chi connectivity index (χ0) is 13.8. The van der Waals surface area contributed by atoms with E-state index in [-0.39, 0.29) is 11.7 Å². The van der Waals surface area contributed by atoms with E-state index >= 15 is 0 Å². The molecule has 7 heteroatoms. The highest BCUT2D eigenvalue weighted by molar-refractivity contribution is 7.99. The van der Waals surface area contributed by atoms with E-state index in [1.165, 1.54) is 11.8 Å². The first kappa shape index (κ1) is 13.9. The molecular formula is C12H18N4O2S. The van der Waals surface area contributed by atoms with Crippen LogP contribution in [0.25, 0.3) is 0 Å². The minimum atomic E-state index is -0.441. The summed E-state index contributed by atoms with van der Waals surface area (Å²) in [6.07, 6.45) is 6.08. The number of imidazole rings is 1. The van der Waals surface area contributed by atoms with Crippen LogP contribution in [0.5, 0.6) is 0 Å². The SMILES string of the molecule is Cn1ccnc1SCC(=O)N1CCCC[C@H]1C(N)=O. The fourth-order valence-corrected chi connectivity index (χ4v) is 3.04. The van der Waals surface area contributed by atoms with E-state index in [2.05, 4.69) is 4.98 Å². The summed E-state index contributed by atoms with van der Waals surface area (Å²) in [5, 5.41) is 0.793. The Kier molecular flexibility index (Phi) is 4.47. The van der Waals surface area contributed by atoms with Crippen molar-refractivity contribution in [2.24, 2.45) is 12.8 Å². The maximum absolute atomic E-state index is 12.2. The molecule has 2 N–H and O–H groups in total. The van der Waals surface area contributed by atoms with Crippen LogP contribution < -0.4 is 5.73 Å². The summed E-state index contributed by atoms with van der Waals surface area (Å²) in [6, 6.07) is -0.441. The van der Waals surface area contributed by atoms with E-state index in [1.807, 2.05) is 17.8 Å². The van der Waals surface area contributed by atoms with Crippen LogP contribution in [0.2, 0.25) is 0 Å². The van der Waals surface area contributed by atoms with Crippen LogP contribution in [0.15, 0.2) is 17.6 Å². The Balaban J connectivity index is 1.94. The number of hydrogen-bond donors (Lipinski definition) is 1. The Morgan fingerprint density at radius 2 is 2.32 bits per heavy atom. The predicted molar refractivity (Wildman–Crippen MR) is 72.5 cm³/mol. The van der Waals surface area contributed by atoms with Gasteiger partial charge in [0.25, 0.3) is 0 Å². The molecule has 19 heavy (non-hydrogen) atoms. The zero-order valence-corrected chi connectivity index (χ0v) is 11.7. The van der Waals surface area contributed by atoms with Crippen molar-refractivity contribution >= 4 is 23.6 Å². The minimum absolute atomic E-state index is 0.0449. The van der Waals surface area contributed by atoms with E-state index in [4.69, 9.17) is 5.73 Å². The van der Waals surface area contributed by atoms with Crippen LogP contribution in [0, 0.1) is 0 Å². The van der Waals surface area contributed by atoms with E-state index in [1.54, 1.807) is 11.1 Å². The molecule has 1 aromatic heterocycles. The largest absolute Gasteiger partial charge is 0.368 e. The maximum atomic E-state index is 12.2. The van der Waals surface area contributed by atoms with Gasteiger partial charge >= 0.3 is 0 Å². The molecule has 1 fully saturated rings. The van der Waals surface area contributed by atoms with Crippen LogP contribution in [0.1, 0.15) is 19.3 Å². The number of amides is 2. The van der Waals surface area contributed by atoms with Crippen molar-refractivity contribution in [3.8, 4) is 0 Å². The summed E-state index contributed by atoms with van der Waals surface area (Å²) in [6.45, 7) is 0.619. The van der Waals surface area contributed by atoms with E-state index in [0.29, 0.717) is 13.0 Å². The molecule has 0 spiro atoms. The molecule has 104 valence electrons.